The van der Waals surface area contributed by atoms with E-state index in [1.54, 1.807) is 31.4 Å². The second-order valence-electron chi connectivity index (χ2n) is 13.3. The lowest BCUT2D eigenvalue weighted by molar-refractivity contribution is -0.225. The molecule has 254 valence electrons. The Morgan fingerprint density at radius 2 is 1.71 bits per heavy atom. The summed E-state index contributed by atoms with van der Waals surface area (Å²) in [6, 6.07) is 29.9. The number of ether oxygens (including phenoxy) is 5. The minimum absolute atomic E-state index is 0.0607. The lowest BCUT2D eigenvalue weighted by atomic mass is 9.86. The highest BCUT2D eigenvalue weighted by atomic mass is 28.3. The molecule has 3 unspecified atom stereocenters. The third-order valence-electron chi connectivity index (χ3n) is 8.56. The van der Waals surface area contributed by atoms with Gasteiger partial charge in [-0.25, -0.2) is 9.59 Å². The number of hydrogen-bond acceptors (Lipinski definition) is 7. The summed E-state index contributed by atoms with van der Waals surface area (Å²) >= 11 is 0. The molecule has 10 heteroatoms. The Labute approximate surface area is 283 Å². The van der Waals surface area contributed by atoms with Gasteiger partial charge in [-0.2, -0.15) is 0 Å². The van der Waals surface area contributed by atoms with Crippen LogP contribution in [0.4, 0.5) is 4.79 Å². The summed E-state index contributed by atoms with van der Waals surface area (Å²) in [7, 11) is 0.284. The number of nitrogens with zero attached hydrogens (tertiary/aromatic N) is 1. The van der Waals surface area contributed by atoms with Gasteiger partial charge in [0.15, 0.2) is 6.29 Å². The predicted octanol–water partition coefficient (Wildman–Crippen LogP) is 8.09. The Hall–Kier alpha value is -4.22. The van der Waals surface area contributed by atoms with Gasteiger partial charge in [-0.15, -0.1) is 0 Å². The molecule has 4 aromatic rings. The van der Waals surface area contributed by atoms with Gasteiger partial charge < -0.3 is 33.7 Å². The van der Waals surface area contributed by atoms with Gasteiger partial charge in [0.25, 0.3) is 0 Å². The van der Waals surface area contributed by atoms with E-state index in [-0.39, 0.29) is 25.9 Å². The monoisotopic (exact) mass is 671 g/mol. The van der Waals surface area contributed by atoms with Crippen LogP contribution in [0.15, 0.2) is 91.0 Å². The maximum atomic E-state index is 12.6. The summed E-state index contributed by atoms with van der Waals surface area (Å²) in [4.78, 5) is 26.1. The van der Waals surface area contributed by atoms with Gasteiger partial charge in [0, 0.05) is 32.7 Å². The van der Waals surface area contributed by atoms with Crippen LogP contribution < -0.4 is 4.74 Å². The average Bonchev–Trinajstić information content (AvgIpc) is 3.09. The summed E-state index contributed by atoms with van der Waals surface area (Å²) in [6.07, 6.45) is -1.64. The van der Waals surface area contributed by atoms with Crippen LogP contribution in [0.3, 0.4) is 0 Å². The Bertz CT molecular complexity index is 1670. The molecule has 3 atom stereocenters. The molecule has 1 saturated heterocycles. The van der Waals surface area contributed by atoms with E-state index in [0.29, 0.717) is 30.9 Å². The number of carboxylic acid groups (broad SMARTS) is 1. The Balaban J connectivity index is 1.32. The summed E-state index contributed by atoms with van der Waals surface area (Å²) < 4.78 is 29.6. The van der Waals surface area contributed by atoms with Gasteiger partial charge in [0.05, 0.1) is 25.3 Å². The van der Waals surface area contributed by atoms with Crippen molar-refractivity contribution in [1.82, 2.24) is 4.90 Å². The molecule has 1 N–H and O–H groups in total. The van der Waals surface area contributed by atoms with Gasteiger partial charge in [-0.3, -0.25) is 0 Å². The van der Waals surface area contributed by atoms with Crippen molar-refractivity contribution < 1.29 is 38.4 Å². The first kappa shape index (κ1) is 35.1. The number of rotatable bonds is 14. The summed E-state index contributed by atoms with van der Waals surface area (Å²) in [5, 5.41) is 12.0. The molecule has 0 radical (unpaired) electrons. The van der Waals surface area contributed by atoms with Crippen molar-refractivity contribution in [3.63, 3.8) is 0 Å². The number of hydrogen-bond donors (Lipinski definition) is 1. The molecule has 0 aromatic heterocycles. The van der Waals surface area contributed by atoms with Gasteiger partial charge in [-0.1, -0.05) is 86.4 Å². The molecule has 0 aliphatic carbocycles. The fourth-order valence-electron chi connectivity index (χ4n) is 5.73. The van der Waals surface area contributed by atoms with E-state index < -0.39 is 32.5 Å². The van der Waals surface area contributed by atoms with Crippen LogP contribution in [0.1, 0.15) is 45.7 Å². The second kappa shape index (κ2) is 16.3. The normalized spacial score (nSPS) is 17.2. The van der Waals surface area contributed by atoms with Crippen molar-refractivity contribution in [2.75, 3.05) is 33.6 Å². The zero-order valence-corrected chi connectivity index (χ0v) is 29.1. The van der Waals surface area contributed by atoms with Crippen LogP contribution in [0.25, 0.3) is 10.8 Å². The number of likely N-dealkylation sites (tertiary alicyclic amines) is 1. The first-order valence-corrected chi connectivity index (χ1v) is 20.0. The largest absolute Gasteiger partial charge is 0.497 e. The number of fused-ring (bicyclic) bond motifs is 1. The van der Waals surface area contributed by atoms with Crippen molar-refractivity contribution in [3.05, 3.63) is 113 Å². The van der Waals surface area contributed by atoms with E-state index in [9.17, 15) is 14.7 Å². The summed E-state index contributed by atoms with van der Waals surface area (Å²) in [6.45, 7) is 8.28. The highest BCUT2D eigenvalue weighted by molar-refractivity contribution is 6.76. The SMILES string of the molecule is COc1cccc(C(=O)OCc2ccc(C3CCN(C(=O)O)CC3OC(OCOCC[Si](C)(C)C)c3ccc4ccccc4c3)cc2)c1. The number of benzene rings is 4. The minimum atomic E-state index is -1.27. The van der Waals surface area contributed by atoms with Gasteiger partial charge >= 0.3 is 12.1 Å². The molecule has 1 aliphatic heterocycles. The molecule has 1 heterocycles. The molecule has 1 amide bonds. The van der Waals surface area contributed by atoms with Crippen molar-refractivity contribution in [1.29, 1.82) is 0 Å². The van der Waals surface area contributed by atoms with Crippen LogP contribution in [-0.4, -0.2) is 69.8 Å². The maximum Gasteiger partial charge on any atom is 0.407 e. The standard InChI is InChI=1S/C38H45NO8Si/c1-43-33-11-7-10-31(23-33)36(40)45-25-27-12-14-29(15-13-27)34-18-19-39(38(41)42)24-35(34)47-37(46-26-44-20-21-48(2,3)4)32-17-16-28-8-5-6-9-30(28)22-32/h5-17,22-23,34-35,37H,18-21,24-26H2,1-4H3,(H,41,42). The van der Waals surface area contributed by atoms with Crippen LogP contribution in [0, 0.1) is 0 Å². The summed E-state index contributed by atoms with van der Waals surface area (Å²) in [5.41, 5.74) is 3.10. The molecule has 4 aromatic carbocycles. The molecular weight excluding hydrogens is 627 g/mol. The van der Waals surface area contributed by atoms with E-state index in [1.165, 1.54) is 4.90 Å². The first-order chi connectivity index (χ1) is 23.1. The Morgan fingerprint density at radius 1 is 0.938 bits per heavy atom. The van der Waals surface area contributed by atoms with Crippen molar-refractivity contribution >= 4 is 30.9 Å². The molecule has 5 rings (SSSR count). The maximum absolute atomic E-state index is 12.6. The molecule has 1 fully saturated rings. The number of carbonyl (C=O) groups is 2. The second-order valence-corrected chi connectivity index (χ2v) is 18.9. The van der Waals surface area contributed by atoms with Crippen LogP contribution >= 0.6 is 0 Å². The van der Waals surface area contributed by atoms with E-state index in [1.807, 2.05) is 54.6 Å². The Morgan fingerprint density at radius 3 is 2.44 bits per heavy atom. The quantitative estimate of drug-likeness (QED) is 0.0621. The lowest BCUT2D eigenvalue weighted by Gasteiger charge is -2.39. The van der Waals surface area contributed by atoms with E-state index in [4.69, 9.17) is 23.7 Å². The zero-order valence-electron chi connectivity index (χ0n) is 28.1. The predicted molar refractivity (Wildman–Crippen MR) is 187 cm³/mol. The number of esters is 1. The number of methoxy groups -OCH3 is 1. The molecule has 0 saturated carbocycles. The number of piperidine rings is 1. The lowest BCUT2D eigenvalue weighted by Crippen LogP contribution is -2.47. The average molecular weight is 672 g/mol. The molecular formula is C38H45NO8Si. The van der Waals surface area contributed by atoms with Crippen molar-refractivity contribution in [2.24, 2.45) is 0 Å². The molecule has 0 spiro atoms. The van der Waals surface area contributed by atoms with Gasteiger partial charge in [0.1, 0.15) is 19.1 Å². The van der Waals surface area contributed by atoms with E-state index >= 15 is 0 Å². The van der Waals surface area contributed by atoms with E-state index in [2.05, 4.69) is 31.8 Å². The smallest absolute Gasteiger partial charge is 0.407 e. The van der Waals surface area contributed by atoms with Crippen LogP contribution in [-0.2, 0) is 25.6 Å². The minimum Gasteiger partial charge on any atom is -0.497 e. The van der Waals surface area contributed by atoms with Crippen molar-refractivity contribution in [2.45, 2.75) is 57.0 Å². The molecule has 48 heavy (non-hydrogen) atoms. The third kappa shape index (κ3) is 9.67. The van der Waals surface area contributed by atoms with Crippen molar-refractivity contribution in [3.8, 4) is 5.75 Å². The number of carbonyl (C=O) groups excluding carboxylic acids is 1. The van der Waals surface area contributed by atoms with E-state index in [0.717, 1.165) is 33.5 Å². The molecule has 9 nitrogen and oxygen atoms in total. The molecule has 1 aliphatic rings. The topological polar surface area (TPSA) is 104 Å². The third-order valence-corrected chi connectivity index (χ3v) is 10.3. The Kier molecular flexibility index (Phi) is 11.9. The highest BCUT2D eigenvalue weighted by Gasteiger charge is 2.35. The summed E-state index contributed by atoms with van der Waals surface area (Å²) in [5.74, 6) is 0.0624. The van der Waals surface area contributed by atoms with Crippen LogP contribution in [0.2, 0.25) is 25.7 Å². The van der Waals surface area contributed by atoms with Gasteiger partial charge in [0.2, 0.25) is 0 Å². The van der Waals surface area contributed by atoms with Crippen LogP contribution in [0.5, 0.6) is 5.75 Å². The number of amides is 1. The first-order valence-electron chi connectivity index (χ1n) is 16.3. The fourth-order valence-corrected chi connectivity index (χ4v) is 6.48. The van der Waals surface area contributed by atoms with Gasteiger partial charge in [-0.05, 0) is 58.6 Å². The fraction of sp³-hybridized carbons (Fsp3) is 0.368. The highest BCUT2D eigenvalue weighted by Crippen LogP contribution is 2.35. The molecule has 0 bridgehead atoms. The zero-order chi connectivity index (χ0) is 34.1.